The van der Waals surface area contributed by atoms with Crippen LogP contribution in [0.2, 0.25) is 0 Å². The molecule has 1 amide bonds. The third-order valence-electron chi connectivity index (χ3n) is 3.16. The molecule has 3 heteroatoms. The molecule has 0 aliphatic carbocycles. The van der Waals surface area contributed by atoms with Crippen molar-refractivity contribution in [3.05, 3.63) is 0 Å². The molecule has 1 rings (SSSR count). The average molecular weight is 212 g/mol. The molecule has 2 unspecified atom stereocenters. The van der Waals surface area contributed by atoms with Crippen molar-refractivity contribution in [2.75, 3.05) is 19.6 Å². The summed E-state index contributed by atoms with van der Waals surface area (Å²) in [6.07, 6.45) is 3.69. The summed E-state index contributed by atoms with van der Waals surface area (Å²) in [5.74, 6) is 0.869. The molecule has 15 heavy (non-hydrogen) atoms. The van der Waals surface area contributed by atoms with Crippen molar-refractivity contribution in [1.82, 2.24) is 10.2 Å². The number of likely N-dealkylation sites (tertiary alicyclic amines) is 1. The largest absolute Gasteiger partial charge is 0.352 e. The summed E-state index contributed by atoms with van der Waals surface area (Å²) in [6, 6.07) is 0.368. The summed E-state index contributed by atoms with van der Waals surface area (Å²) in [6.45, 7) is 9.37. The van der Waals surface area contributed by atoms with Crippen LogP contribution >= 0.6 is 0 Å². The van der Waals surface area contributed by atoms with Gasteiger partial charge in [0.15, 0.2) is 0 Å². The first-order valence-electron chi connectivity index (χ1n) is 6.15. The molecule has 0 spiro atoms. The minimum atomic E-state index is 0.105. The van der Waals surface area contributed by atoms with Gasteiger partial charge >= 0.3 is 0 Å². The molecule has 0 aromatic rings. The minimum Gasteiger partial charge on any atom is -0.352 e. The van der Waals surface area contributed by atoms with Gasteiger partial charge in [0, 0.05) is 26.1 Å². The van der Waals surface area contributed by atoms with Crippen LogP contribution in [0.3, 0.4) is 0 Å². The number of piperidine rings is 1. The normalized spacial score (nSPS) is 27.7. The second kappa shape index (κ2) is 6.11. The first-order valence-corrected chi connectivity index (χ1v) is 6.15. The Bertz CT molecular complexity index is 206. The zero-order chi connectivity index (χ0) is 11.3. The lowest BCUT2D eigenvalue weighted by molar-refractivity contribution is -0.120. The van der Waals surface area contributed by atoms with Crippen molar-refractivity contribution < 1.29 is 4.79 Å². The SMILES string of the molecule is CCCC1CC(NC(C)=O)CN(CC)C1. The van der Waals surface area contributed by atoms with Gasteiger partial charge in [-0.2, -0.15) is 0 Å². The monoisotopic (exact) mass is 212 g/mol. The number of likely N-dealkylation sites (N-methyl/N-ethyl adjacent to an activating group) is 1. The summed E-state index contributed by atoms with van der Waals surface area (Å²) in [7, 11) is 0. The van der Waals surface area contributed by atoms with E-state index < -0.39 is 0 Å². The molecule has 1 saturated heterocycles. The summed E-state index contributed by atoms with van der Waals surface area (Å²) < 4.78 is 0. The van der Waals surface area contributed by atoms with Crippen molar-refractivity contribution >= 4 is 5.91 Å². The standard InChI is InChI=1S/C12H24N2O/c1-4-6-11-7-12(13-10(3)15)9-14(5-2)8-11/h11-12H,4-9H2,1-3H3,(H,13,15). The van der Waals surface area contributed by atoms with Crippen molar-refractivity contribution in [3.63, 3.8) is 0 Å². The Morgan fingerprint density at radius 3 is 2.67 bits per heavy atom. The molecule has 1 aliphatic rings. The number of rotatable bonds is 4. The lowest BCUT2D eigenvalue weighted by atomic mass is 9.90. The third-order valence-corrected chi connectivity index (χ3v) is 3.16. The molecule has 3 nitrogen and oxygen atoms in total. The quantitative estimate of drug-likeness (QED) is 0.768. The smallest absolute Gasteiger partial charge is 0.217 e. The van der Waals surface area contributed by atoms with Gasteiger partial charge in [0.05, 0.1) is 0 Å². The van der Waals surface area contributed by atoms with E-state index in [2.05, 4.69) is 24.1 Å². The molecule has 1 heterocycles. The van der Waals surface area contributed by atoms with E-state index in [9.17, 15) is 4.79 Å². The van der Waals surface area contributed by atoms with Gasteiger partial charge < -0.3 is 10.2 Å². The highest BCUT2D eigenvalue weighted by atomic mass is 16.1. The maximum Gasteiger partial charge on any atom is 0.217 e. The van der Waals surface area contributed by atoms with Gasteiger partial charge in [0.2, 0.25) is 5.91 Å². The molecule has 1 N–H and O–H groups in total. The molecular weight excluding hydrogens is 188 g/mol. The van der Waals surface area contributed by atoms with Crippen LogP contribution in [0, 0.1) is 5.92 Å². The molecule has 88 valence electrons. The number of hydrogen-bond donors (Lipinski definition) is 1. The first kappa shape index (κ1) is 12.5. The summed E-state index contributed by atoms with van der Waals surface area (Å²) in [5, 5.41) is 3.05. The fourth-order valence-corrected chi connectivity index (χ4v) is 2.57. The Hall–Kier alpha value is -0.570. The maximum absolute atomic E-state index is 11.0. The highest BCUT2D eigenvalue weighted by Gasteiger charge is 2.25. The van der Waals surface area contributed by atoms with Crippen LogP contribution in [0.4, 0.5) is 0 Å². The number of nitrogens with one attached hydrogen (secondary N) is 1. The van der Waals surface area contributed by atoms with Gasteiger partial charge in [-0.25, -0.2) is 0 Å². The Morgan fingerprint density at radius 1 is 1.40 bits per heavy atom. The first-order chi connectivity index (χ1) is 7.15. The van der Waals surface area contributed by atoms with E-state index in [1.807, 2.05) is 0 Å². The molecule has 0 aromatic heterocycles. The summed E-state index contributed by atoms with van der Waals surface area (Å²) in [4.78, 5) is 13.5. The van der Waals surface area contributed by atoms with E-state index in [0.29, 0.717) is 6.04 Å². The van der Waals surface area contributed by atoms with Crippen LogP contribution in [0.15, 0.2) is 0 Å². The lowest BCUT2D eigenvalue weighted by Gasteiger charge is -2.37. The molecule has 1 fully saturated rings. The zero-order valence-corrected chi connectivity index (χ0v) is 10.3. The molecule has 0 aromatic carbocycles. The Kier molecular flexibility index (Phi) is 5.09. The minimum absolute atomic E-state index is 0.105. The maximum atomic E-state index is 11.0. The van der Waals surface area contributed by atoms with Gasteiger partial charge in [-0.3, -0.25) is 4.79 Å². The molecule has 0 bridgehead atoms. The number of nitrogens with zero attached hydrogens (tertiary/aromatic N) is 1. The van der Waals surface area contributed by atoms with E-state index in [0.717, 1.165) is 25.4 Å². The van der Waals surface area contributed by atoms with Gasteiger partial charge in [0.25, 0.3) is 0 Å². The van der Waals surface area contributed by atoms with Gasteiger partial charge in [-0.1, -0.05) is 20.3 Å². The van der Waals surface area contributed by atoms with Crippen molar-refractivity contribution in [2.24, 2.45) is 5.92 Å². The van der Waals surface area contributed by atoms with E-state index in [1.54, 1.807) is 6.92 Å². The van der Waals surface area contributed by atoms with Crippen LogP contribution in [0.1, 0.15) is 40.0 Å². The number of carbonyl (C=O) groups excluding carboxylic acids is 1. The van der Waals surface area contributed by atoms with Crippen molar-refractivity contribution in [1.29, 1.82) is 0 Å². The van der Waals surface area contributed by atoms with E-state index >= 15 is 0 Å². The predicted octanol–water partition coefficient (Wildman–Crippen LogP) is 1.63. The van der Waals surface area contributed by atoms with Crippen LogP contribution in [0.5, 0.6) is 0 Å². The van der Waals surface area contributed by atoms with Crippen LogP contribution in [-0.2, 0) is 4.79 Å². The van der Waals surface area contributed by atoms with E-state index in [4.69, 9.17) is 0 Å². The van der Waals surface area contributed by atoms with Crippen molar-refractivity contribution in [3.8, 4) is 0 Å². The number of hydrogen-bond acceptors (Lipinski definition) is 2. The Morgan fingerprint density at radius 2 is 2.13 bits per heavy atom. The zero-order valence-electron chi connectivity index (χ0n) is 10.3. The molecule has 1 aliphatic heterocycles. The topological polar surface area (TPSA) is 32.3 Å². The predicted molar refractivity (Wildman–Crippen MR) is 62.7 cm³/mol. The molecule has 0 radical (unpaired) electrons. The fourth-order valence-electron chi connectivity index (χ4n) is 2.57. The third kappa shape index (κ3) is 4.20. The van der Waals surface area contributed by atoms with Gasteiger partial charge in [-0.05, 0) is 25.3 Å². The number of carbonyl (C=O) groups is 1. The number of amides is 1. The highest BCUT2D eigenvalue weighted by Crippen LogP contribution is 2.21. The van der Waals surface area contributed by atoms with Crippen LogP contribution < -0.4 is 5.32 Å². The molecule has 2 atom stereocenters. The Labute approximate surface area is 93.2 Å². The van der Waals surface area contributed by atoms with E-state index in [1.165, 1.54) is 19.4 Å². The second-order valence-corrected chi connectivity index (χ2v) is 4.64. The van der Waals surface area contributed by atoms with Gasteiger partial charge in [0.1, 0.15) is 0 Å². The Balaban J connectivity index is 2.46. The van der Waals surface area contributed by atoms with Crippen LogP contribution in [0.25, 0.3) is 0 Å². The lowest BCUT2D eigenvalue weighted by Crippen LogP contribution is -2.50. The average Bonchev–Trinajstić information content (AvgIpc) is 2.16. The molecule has 0 saturated carbocycles. The summed E-state index contributed by atoms with van der Waals surface area (Å²) >= 11 is 0. The van der Waals surface area contributed by atoms with Gasteiger partial charge in [-0.15, -0.1) is 0 Å². The van der Waals surface area contributed by atoms with Crippen molar-refractivity contribution in [2.45, 2.75) is 46.1 Å². The van der Waals surface area contributed by atoms with E-state index in [-0.39, 0.29) is 5.91 Å². The fraction of sp³-hybridized carbons (Fsp3) is 0.917. The second-order valence-electron chi connectivity index (χ2n) is 4.64. The summed E-state index contributed by atoms with van der Waals surface area (Å²) in [5.41, 5.74) is 0. The highest BCUT2D eigenvalue weighted by molar-refractivity contribution is 5.73. The van der Waals surface area contributed by atoms with Crippen LogP contribution in [-0.4, -0.2) is 36.5 Å². The molecular formula is C12H24N2O.